The van der Waals surface area contributed by atoms with E-state index < -0.39 is 0 Å². The number of aliphatic hydroxyl groups excluding tert-OH is 1. The quantitative estimate of drug-likeness (QED) is 0.754. The van der Waals surface area contributed by atoms with Gasteiger partial charge < -0.3 is 10.4 Å². The maximum atomic E-state index is 11.5. The smallest absolute Gasteiger partial charge is 0.230 e. The van der Waals surface area contributed by atoms with E-state index in [0.717, 1.165) is 17.9 Å². The molecule has 0 fully saturated rings. The van der Waals surface area contributed by atoms with Crippen LogP contribution in [0.25, 0.3) is 0 Å². The molecule has 1 atom stereocenters. The molecule has 0 saturated heterocycles. The lowest BCUT2D eigenvalue weighted by Crippen LogP contribution is -2.30. The first-order valence-corrected chi connectivity index (χ1v) is 7.64. The minimum atomic E-state index is 0.0509. The number of hydrogen-bond acceptors (Lipinski definition) is 5. The molecular formula is C11H18N2O2S2. The monoisotopic (exact) mass is 274 g/mol. The molecule has 0 spiro atoms. The summed E-state index contributed by atoms with van der Waals surface area (Å²) in [6.07, 6.45) is 0.728. The molecule has 0 bridgehead atoms. The van der Waals surface area contributed by atoms with Crippen molar-refractivity contribution >= 4 is 29.0 Å². The number of thioether (sulfide) groups is 1. The van der Waals surface area contributed by atoms with Gasteiger partial charge in [0.05, 0.1) is 17.0 Å². The highest BCUT2D eigenvalue weighted by molar-refractivity contribution is 7.99. The van der Waals surface area contributed by atoms with Crippen LogP contribution < -0.4 is 5.32 Å². The molecule has 0 aliphatic rings. The van der Waals surface area contributed by atoms with Crippen molar-refractivity contribution in [1.82, 2.24) is 10.3 Å². The van der Waals surface area contributed by atoms with Gasteiger partial charge in [0.25, 0.3) is 0 Å². The van der Waals surface area contributed by atoms with Gasteiger partial charge in [-0.1, -0.05) is 6.92 Å². The van der Waals surface area contributed by atoms with E-state index in [1.165, 1.54) is 0 Å². The molecule has 1 aromatic rings. The van der Waals surface area contributed by atoms with Gasteiger partial charge in [-0.15, -0.1) is 23.1 Å². The van der Waals surface area contributed by atoms with Crippen LogP contribution in [0.5, 0.6) is 0 Å². The third-order valence-corrected chi connectivity index (χ3v) is 3.84. The van der Waals surface area contributed by atoms with Crippen molar-refractivity contribution in [2.75, 3.05) is 18.9 Å². The molecule has 0 saturated carbocycles. The minimum absolute atomic E-state index is 0.0509. The SMILES string of the molecule is CC(CCO)CNC(=O)CSCc1cscn1. The predicted molar refractivity (Wildman–Crippen MR) is 72.2 cm³/mol. The van der Waals surface area contributed by atoms with E-state index in [-0.39, 0.29) is 12.5 Å². The standard InChI is InChI=1S/C11H18N2O2S2/c1-9(2-3-14)4-12-11(15)7-16-5-10-6-17-8-13-10/h6,8-9,14H,2-5,7H2,1H3,(H,12,15). The van der Waals surface area contributed by atoms with E-state index in [0.29, 0.717) is 18.2 Å². The van der Waals surface area contributed by atoms with Crippen LogP contribution in [0, 0.1) is 5.92 Å². The first-order chi connectivity index (χ1) is 8.22. The maximum absolute atomic E-state index is 11.5. The van der Waals surface area contributed by atoms with Crippen molar-refractivity contribution in [3.05, 3.63) is 16.6 Å². The van der Waals surface area contributed by atoms with Gasteiger partial charge in [-0.25, -0.2) is 4.98 Å². The number of aliphatic hydroxyl groups is 1. The van der Waals surface area contributed by atoms with Crippen molar-refractivity contribution in [3.63, 3.8) is 0 Å². The summed E-state index contributed by atoms with van der Waals surface area (Å²) >= 11 is 3.14. The summed E-state index contributed by atoms with van der Waals surface area (Å²) in [5.74, 6) is 1.62. The first-order valence-electron chi connectivity index (χ1n) is 5.54. The highest BCUT2D eigenvalue weighted by atomic mass is 32.2. The fourth-order valence-electron chi connectivity index (χ4n) is 1.22. The second-order valence-electron chi connectivity index (χ2n) is 3.89. The van der Waals surface area contributed by atoms with Crippen LogP contribution in [0.15, 0.2) is 10.9 Å². The number of nitrogens with one attached hydrogen (secondary N) is 1. The molecule has 17 heavy (non-hydrogen) atoms. The zero-order valence-corrected chi connectivity index (χ0v) is 11.5. The summed E-state index contributed by atoms with van der Waals surface area (Å²) in [6, 6.07) is 0. The predicted octanol–water partition coefficient (Wildman–Crippen LogP) is 1.51. The molecule has 0 aliphatic carbocycles. The molecule has 4 nitrogen and oxygen atoms in total. The summed E-state index contributed by atoms with van der Waals surface area (Å²) in [6.45, 7) is 2.82. The van der Waals surface area contributed by atoms with Gasteiger partial charge in [0.15, 0.2) is 0 Å². The topological polar surface area (TPSA) is 62.2 Å². The van der Waals surface area contributed by atoms with Gasteiger partial charge in [-0.05, 0) is 12.3 Å². The van der Waals surface area contributed by atoms with Gasteiger partial charge in [0.1, 0.15) is 0 Å². The van der Waals surface area contributed by atoms with E-state index >= 15 is 0 Å². The Balaban J connectivity index is 2.05. The average molecular weight is 274 g/mol. The van der Waals surface area contributed by atoms with Crippen LogP contribution in [0.2, 0.25) is 0 Å². The molecular weight excluding hydrogens is 256 g/mol. The molecule has 1 unspecified atom stereocenters. The number of rotatable bonds is 8. The Morgan fingerprint density at radius 3 is 3.18 bits per heavy atom. The van der Waals surface area contributed by atoms with Crippen molar-refractivity contribution < 1.29 is 9.90 Å². The first kappa shape index (κ1) is 14.5. The van der Waals surface area contributed by atoms with Crippen molar-refractivity contribution in [1.29, 1.82) is 0 Å². The Labute approximate surface area is 110 Å². The molecule has 1 rings (SSSR count). The second-order valence-corrected chi connectivity index (χ2v) is 5.60. The Morgan fingerprint density at radius 2 is 2.53 bits per heavy atom. The number of thiazole rings is 1. The number of nitrogens with zero attached hydrogens (tertiary/aromatic N) is 1. The third kappa shape index (κ3) is 6.65. The molecule has 6 heteroatoms. The highest BCUT2D eigenvalue weighted by Gasteiger charge is 2.05. The van der Waals surface area contributed by atoms with E-state index in [4.69, 9.17) is 5.11 Å². The Bertz CT molecular complexity index is 317. The summed E-state index contributed by atoms with van der Waals surface area (Å²) in [5.41, 5.74) is 2.83. The molecule has 1 amide bonds. The lowest BCUT2D eigenvalue weighted by Gasteiger charge is -2.10. The van der Waals surface area contributed by atoms with E-state index in [1.807, 2.05) is 12.3 Å². The zero-order chi connectivity index (χ0) is 12.5. The molecule has 1 heterocycles. The lowest BCUT2D eigenvalue weighted by molar-refractivity contribution is -0.118. The van der Waals surface area contributed by atoms with Crippen LogP contribution in [-0.4, -0.2) is 34.9 Å². The maximum Gasteiger partial charge on any atom is 0.230 e. The normalized spacial score (nSPS) is 12.4. The van der Waals surface area contributed by atoms with Crippen LogP contribution in [-0.2, 0) is 10.5 Å². The van der Waals surface area contributed by atoms with E-state index in [1.54, 1.807) is 28.6 Å². The molecule has 1 aromatic heterocycles. The van der Waals surface area contributed by atoms with Crippen LogP contribution >= 0.6 is 23.1 Å². The summed E-state index contributed by atoms with van der Waals surface area (Å²) in [4.78, 5) is 15.6. The molecule has 2 N–H and O–H groups in total. The third-order valence-electron chi connectivity index (χ3n) is 2.24. The van der Waals surface area contributed by atoms with Crippen LogP contribution in [0.3, 0.4) is 0 Å². The molecule has 96 valence electrons. The van der Waals surface area contributed by atoms with Gasteiger partial charge in [0.2, 0.25) is 5.91 Å². The number of carbonyl (C=O) groups is 1. The number of amides is 1. The largest absolute Gasteiger partial charge is 0.396 e. The van der Waals surface area contributed by atoms with Gasteiger partial charge >= 0.3 is 0 Å². The Morgan fingerprint density at radius 1 is 1.71 bits per heavy atom. The molecule has 0 aromatic carbocycles. The Hall–Kier alpha value is -0.590. The number of hydrogen-bond donors (Lipinski definition) is 2. The highest BCUT2D eigenvalue weighted by Crippen LogP contribution is 2.11. The van der Waals surface area contributed by atoms with Gasteiger partial charge in [0, 0.05) is 24.3 Å². The van der Waals surface area contributed by atoms with Gasteiger partial charge in [-0.3, -0.25) is 4.79 Å². The summed E-state index contributed by atoms with van der Waals surface area (Å²) < 4.78 is 0. The Kier molecular flexibility index (Phi) is 7.23. The fraction of sp³-hybridized carbons (Fsp3) is 0.636. The summed E-state index contributed by atoms with van der Waals surface area (Å²) in [7, 11) is 0. The number of aromatic nitrogens is 1. The number of carbonyl (C=O) groups excluding carboxylic acids is 1. The van der Waals surface area contributed by atoms with Crippen molar-refractivity contribution in [2.24, 2.45) is 5.92 Å². The average Bonchev–Trinajstić information content (AvgIpc) is 2.80. The van der Waals surface area contributed by atoms with Crippen molar-refractivity contribution in [3.8, 4) is 0 Å². The minimum Gasteiger partial charge on any atom is -0.396 e. The van der Waals surface area contributed by atoms with Crippen molar-refractivity contribution in [2.45, 2.75) is 19.1 Å². The van der Waals surface area contributed by atoms with Gasteiger partial charge in [-0.2, -0.15) is 0 Å². The van der Waals surface area contributed by atoms with Crippen LogP contribution in [0.4, 0.5) is 0 Å². The zero-order valence-electron chi connectivity index (χ0n) is 9.89. The molecule has 0 radical (unpaired) electrons. The van der Waals surface area contributed by atoms with E-state index in [9.17, 15) is 4.79 Å². The van der Waals surface area contributed by atoms with Crippen LogP contribution in [0.1, 0.15) is 19.0 Å². The molecule has 0 aliphatic heterocycles. The summed E-state index contributed by atoms with van der Waals surface area (Å²) in [5, 5.41) is 13.6. The second kappa shape index (κ2) is 8.49. The van der Waals surface area contributed by atoms with E-state index in [2.05, 4.69) is 10.3 Å². The fourth-order valence-corrected chi connectivity index (χ4v) is 2.64. The lowest BCUT2D eigenvalue weighted by atomic mass is 10.1.